The Morgan fingerprint density at radius 2 is 1.64 bits per heavy atom. The Labute approximate surface area is 134 Å². The van der Waals surface area contributed by atoms with Crippen molar-refractivity contribution >= 4 is 11.4 Å². The fourth-order valence-corrected chi connectivity index (χ4v) is 3.51. The molecule has 0 spiro atoms. The number of nitrogens with two attached hydrogens (primary N) is 1. The molecule has 2 aliphatic rings. The van der Waals surface area contributed by atoms with Crippen molar-refractivity contribution in [3.8, 4) is 0 Å². The third kappa shape index (κ3) is 4.14. The molecule has 0 radical (unpaired) electrons. The first-order valence-corrected chi connectivity index (χ1v) is 8.74. The molecule has 1 saturated heterocycles. The van der Waals surface area contributed by atoms with E-state index in [-0.39, 0.29) is 0 Å². The summed E-state index contributed by atoms with van der Waals surface area (Å²) in [6.07, 6.45) is 4.92. The van der Waals surface area contributed by atoms with Crippen molar-refractivity contribution in [1.29, 1.82) is 0 Å². The fraction of sp³-hybridized carbons (Fsp3) is 0.667. The number of nitrogens with zero attached hydrogens (tertiary/aromatic N) is 2. The van der Waals surface area contributed by atoms with Gasteiger partial charge in [-0.05, 0) is 62.9 Å². The van der Waals surface area contributed by atoms with Crippen LogP contribution in [0.3, 0.4) is 0 Å². The molecule has 0 aromatic heterocycles. The zero-order valence-corrected chi connectivity index (χ0v) is 13.8. The lowest BCUT2D eigenvalue weighted by Gasteiger charge is -2.34. The van der Waals surface area contributed by atoms with E-state index in [1.54, 1.807) is 0 Å². The van der Waals surface area contributed by atoms with Crippen molar-refractivity contribution in [3.63, 3.8) is 0 Å². The number of benzene rings is 1. The van der Waals surface area contributed by atoms with Gasteiger partial charge in [-0.3, -0.25) is 0 Å². The van der Waals surface area contributed by atoms with Crippen LogP contribution in [0, 0.1) is 5.92 Å². The highest BCUT2D eigenvalue weighted by Gasteiger charge is 2.18. The minimum atomic E-state index is 0.444. The first-order chi connectivity index (χ1) is 10.7. The van der Waals surface area contributed by atoms with Crippen LogP contribution < -0.4 is 16.0 Å². The summed E-state index contributed by atoms with van der Waals surface area (Å²) in [5.74, 6) is 0.789. The molecule has 1 aliphatic carbocycles. The van der Waals surface area contributed by atoms with Crippen molar-refractivity contribution in [3.05, 3.63) is 24.3 Å². The average molecular weight is 302 g/mol. The molecule has 1 aliphatic heterocycles. The van der Waals surface area contributed by atoms with Crippen molar-refractivity contribution in [2.45, 2.75) is 31.7 Å². The molecule has 0 amide bonds. The molecule has 4 nitrogen and oxygen atoms in total. The van der Waals surface area contributed by atoms with Crippen LogP contribution in [-0.2, 0) is 0 Å². The molecular formula is C18H30N4. The summed E-state index contributed by atoms with van der Waals surface area (Å²) in [5, 5.41) is 3.60. The fourth-order valence-electron chi connectivity index (χ4n) is 3.51. The number of piperazine rings is 1. The molecular weight excluding hydrogens is 272 g/mol. The lowest BCUT2D eigenvalue weighted by atomic mass is 9.86. The highest BCUT2D eigenvalue weighted by atomic mass is 15.2. The lowest BCUT2D eigenvalue weighted by Crippen LogP contribution is -2.44. The van der Waals surface area contributed by atoms with Gasteiger partial charge in [0.25, 0.3) is 0 Å². The molecule has 22 heavy (non-hydrogen) atoms. The molecule has 122 valence electrons. The van der Waals surface area contributed by atoms with Crippen LogP contribution in [0.15, 0.2) is 24.3 Å². The summed E-state index contributed by atoms with van der Waals surface area (Å²) in [6, 6.07) is 9.40. The molecule has 0 bridgehead atoms. The van der Waals surface area contributed by atoms with E-state index < -0.39 is 0 Å². The first kappa shape index (κ1) is 15.6. The van der Waals surface area contributed by atoms with E-state index in [9.17, 15) is 0 Å². The van der Waals surface area contributed by atoms with Crippen LogP contribution in [0.25, 0.3) is 0 Å². The predicted molar refractivity (Wildman–Crippen MR) is 94.6 cm³/mol. The number of rotatable bonds is 4. The highest BCUT2D eigenvalue weighted by molar-refractivity contribution is 5.55. The molecule has 1 aromatic rings. The summed E-state index contributed by atoms with van der Waals surface area (Å²) in [7, 11) is 2.20. The van der Waals surface area contributed by atoms with Crippen LogP contribution in [0.4, 0.5) is 11.4 Å². The molecule has 0 unspecified atom stereocenters. The quantitative estimate of drug-likeness (QED) is 0.896. The van der Waals surface area contributed by atoms with Gasteiger partial charge in [0.2, 0.25) is 0 Å². The lowest BCUT2D eigenvalue weighted by molar-refractivity contribution is 0.313. The molecule has 1 heterocycles. The van der Waals surface area contributed by atoms with E-state index >= 15 is 0 Å². The smallest absolute Gasteiger partial charge is 0.0368 e. The number of hydrogen-bond donors (Lipinski definition) is 2. The SMILES string of the molecule is CN1CCN(c2ccc(NCC3CCC(N)CC3)cc2)CC1. The van der Waals surface area contributed by atoms with E-state index in [0.29, 0.717) is 6.04 Å². The third-order valence-electron chi connectivity index (χ3n) is 5.22. The third-order valence-corrected chi connectivity index (χ3v) is 5.22. The minimum Gasteiger partial charge on any atom is -0.385 e. The van der Waals surface area contributed by atoms with E-state index in [1.165, 1.54) is 37.1 Å². The highest BCUT2D eigenvalue weighted by Crippen LogP contribution is 2.24. The van der Waals surface area contributed by atoms with Gasteiger partial charge in [-0.2, -0.15) is 0 Å². The normalized spacial score (nSPS) is 26.9. The van der Waals surface area contributed by atoms with Crippen LogP contribution in [-0.4, -0.2) is 50.7 Å². The molecule has 2 fully saturated rings. The van der Waals surface area contributed by atoms with E-state index in [2.05, 4.69) is 46.4 Å². The Bertz CT molecular complexity index is 443. The van der Waals surface area contributed by atoms with Crippen LogP contribution in [0.1, 0.15) is 25.7 Å². The van der Waals surface area contributed by atoms with Crippen molar-refractivity contribution in [1.82, 2.24) is 4.90 Å². The van der Waals surface area contributed by atoms with E-state index in [0.717, 1.165) is 38.6 Å². The summed E-state index contributed by atoms with van der Waals surface area (Å²) in [4.78, 5) is 4.87. The van der Waals surface area contributed by atoms with E-state index in [4.69, 9.17) is 5.73 Å². The number of anilines is 2. The molecule has 4 heteroatoms. The second-order valence-corrected chi connectivity index (χ2v) is 7.00. The van der Waals surface area contributed by atoms with Gasteiger partial charge in [-0.1, -0.05) is 0 Å². The number of likely N-dealkylation sites (N-methyl/N-ethyl adjacent to an activating group) is 1. The maximum absolute atomic E-state index is 5.97. The summed E-state index contributed by atoms with van der Waals surface area (Å²) in [6.45, 7) is 5.66. The van der Waals surface area contributed by atoms with Gasteiger partial charge in [0.05, 0.1) is 0 Å². The Kier molecular flexibility index (Phi) is 5.21. The van der Waals surface area contributed by atoms with E-state index in [1.807, 2.05) is 0 Å². The summed E-state index contributed by atoms with van der Waals surface area (Å²) >= 11 is 0. The molecule has 0 atom stereocenters. The van der Waals surface area contributed by atoms with Crippen molar-refractivity contribution in [2.24, 2.45) is 11.7 Å². The Morgan fingerprint density at radius 3 is 2.27 bits per heavy atom. The molecule has 3 rings (SSSR count). The van der Waals surface area contributed by atoms with Crippen LogP contribution >= 0.6 is 0 Å². The van der Waals surface area contributed by atoms with Crippen LogP contribution in [0.5, 0.6) is 0 Å². The molecule has 1 saturated carbocycles. The van der Waals surface area contributed by atoms with Gasteiger partial charge in [-0.15, -0.1) is 0 Å². The molecule has 3 N–H and O–H groups in total. The van der Waals surface area contributed by atoms with Crippen LogP contribution in [0.2, 0.25) is 0 Å². The van der Waals surface area contributed by atoms with Gasteiger partial charge in [0.1, 0.15) is 0 Å². The summed E-state index contributed by atoms with van der Waals surface area (Å²) < 4.78 is 0. The maximum atomic E-state index is 5.97. The number of hydrogen-bond acceptors (Lipinski definition) is 4. The van der Waals surface area contributed by atoms with Crippen molar-refractivity contribution < 1.29 is 0 Å². The van der Waals surface area contributed by atoms with Gasteiger partial charge in [0, 0.05) is 50.1 Å². The second kappa shape index (κ2) is 7.34. The monoisotopic (exact) mass is 302 g/mol. The standard InChI is InChI=1S/C18H30N4/c1-21-10-12-22(13-11-21)18-8-6-17(7-9-18)20-14-15-2-4-16(19)5-3-15/h6-9,15-16,20H,2-5,10-14,19H2,1H3. The predicted octanol–water partition coefficient (Wildman–Crippen LogP) is 2.37. The number of nitrogens with one attached hydrogen (secondary N) is 1. The minimum absolute atomic E-state index is 0.444. The van der Waals surface area contributed by atoms with Gasteiger partial charge >= 0.3 is 0 Å². The van der Waals surface area contributed by atoms with Gasteiger partial charge in [-0.25, -0.2) is 0 Å². The van der Waals surface area contributed by atoms with Gasteiger partial charge in [0.15, 0.2) is 0 Å². The average Bonchev–Trinajstić information content (AvgIpc) is 2.56. The first-order valence-electron chi connectivity index (χ1n) is 8.74. The largest absolute Gasteiger partial charge is 0.385 e. The zero-order valence-electron chi connectivity index (χ0n) is 13.8. The Morgan fingerprint density at radius 1 is 1.00 bits per heavy atom. The van der Waals surface area contributed by atoms with Gasteiger partial charge < -0.3 is 20.9 Å². The zero-order chi connectivity index (χ0) is 15.4. The maximum Gasteiger partial charge on any atom is 0.0368 e. The second-order valence-electron chi connectivity index (χ2n) is 7.00. The Hall–Kier alpha value is -1.26. The Balaban J connectivity index is 1.47. The molecule has 1 aromatic carbocycles. The topological polar surface area (TPSA) is 44.5 Å². The van der Waals surface area contributed by atoms with Crippen molar-refractivity contribution in [2.75, 3.05) is 50.0 Å². The summed E-state index contributed by atoms with van der Waals surface area (Å²) in [5.41, 5.74) is 8.56.